The summed E-state index contributed by atoms with van der Waals surface area (Å²) in [5.74, 6) is -2.12. The highest BCUT2D eigenvalue weighted by Crippen LogP contribution is 2.29. The topological polar surface area (TPSA) is 122 Å². The molecule has 116 valence electrons. The zero-order valence-electron chi connectivity index (χ0n) is 11.4. The van der Waals surface area contributed by atoms with Crippen molar-refractivity contribution >= 4 is 11.7 Å². The molecule has 0 bridgehead atoms. The minimum absolute atomic E-state index is 0.0485. The van der Waals surface area contributed by atoms with Gasteiger partial charge < -0.3 is 20.3 Å². The molecule has 2 atom stereocenters. The number of hydrogen-bond donors (Lipinski definition) is 3. The Morgan fingerprint density at radius 3 is 2.62 bits per heavy atom. The number of methoxy groups -OCH3 is 1. The number of carbonyl (C=O) groups excluding carboxylic acids is 1. The molecule has 0 aliphatic carbocycles. The van der Waals surface area contributed by atoms with Gasteiger partial charge in [-0.25, -0.2) is 9.18 Å². The van der Waals surface area contributed by atoms with Crippen LogP contribution in [0.3, 0.4) is 0 Å². The number of ether oxygens (including phenoxy) is 1. The normalized spacial score (nSPS) is 13.6. The van der Waals surface area contributed by atoms with Gasteiger partial charge in [0.05, 0.1) is 18.1 Å². The zero-order valence-corrected chi connectivity index (χ0v) is 11.4. The van der Waals surface area contributed by atoms with E-state index in [1.165, 1.54) is 7.05 Å². The molecule has 0 aromatic heterocycles. The van der Waals surface area contributed by atoms with Crippen LogP contribution in [0.1, 0.15) is 22.0 Å². The first-order valence-corrected chi connectivity index (χ1v) is 5.90. The van der Waals surface area contributed by atoms with E-state index < -0.39 is 45.7 Å². The van der Waals surface area contributed by atoms with Gasteiger partial charge in [0.25, 0.3) is 5.69 Å². The van der Waals surface area contributed by atoms with E-state index in [4.69, 9.17) is 0 Å². The molecule has 0 aliphatic rings. The fourth-order valence-corrected chi connectivity index (χ4v) is 1.76. The lowest BCUT2D eigenvalue weighted by Gasteiger charge is -2.18. The van der Waals surface area contributed by atoms with Crippen molar-refractivity contribution in [2.75, 3.05) is 20.7 Å². The quantitative estimate of drug-likeness (QED) is 0.388. The van der Waals surface area contributed by atoms with Gasteiger partial charge in [-0.05, 0) is 13.1 Å². The van der Waals surface area contributed by atoms with Gasteiger partial charge in [-0.3, -0.25) is 10.1 Å². The Morgan fingerprint density at radius 1 is 1.52 bits per heavy atom. The largest absolute Gasteiger partial charge is 0.465 e. The van der Waals surface area contributed by atoms with Gasteiger partial charge in [-0.2, -0.15) is 0 Å². The summed E-state index contributed by atoms with van der Waals surface area (Å²) in [5, 5.41) is 33.0. The van der Waals surface area contributed by atoms with E-state index in [0.717, 1.165) is 7.11 Å². The molecule has 3 N–H and O–H groups in total. The number of nitrogens with zero attached hydrogens (tertiary/aromatic N) is 1. The molecule has 0 fully saturated rings. The molecule has 0 saturated carbocycles. The van der Waals surface area contributed by atoms with Crippen LogP contribution in [0.5, 0.6) is 0 Å². The number of likely N-dealkylation sites (N-methyl/N-ethyl adjacent to an activating group) is 1. The summed E-state index contributed by atoms with van der Waals surface area (Å²) in [7, 11) is 2.51. The molecule has 21 heavy (non-hydrogen) atoms. The number of nitrogens with one attached hydrogen (secondary N) is 1. The average molecular weight is 302 g/mol. The Morgan fingerprint density at radius 2 is 2.14 bits per heavy atom. The van der Waals surface area contributed by atoms with E-state index in [2.05, 4.69) is 10.1 Å². The average Bonchev–Trinajstić information content (AvgIpc) is 2.45. The number of nitro groups is 1. The lowest BCUT2D eigenvalue weighted by molar-refractivity contribution is -0.385. The van der Waals surface area contributed by atoms with E-state index in [9.17, 15) is 29.5 Å². The molecule has 0 radical (unpaired) electrons. The fourth-order valence-electron chi connectivity index (χ4n) is 1.76. The highest BCUT2D eigenvalue weighted by atomic mass is 19.1. The van der Waals surface area contributed by atoms with Gasteiger partial charge in [0.15, 0.2) is 0 Å². The summed E-state index contributed by atoms with van der Waals surface area (Å²) in [6, 6.07) is 1.32. The van der Waals surface area contributed by atoms with Crippen LogP contribution in [0.15, 0.2) is 12.1 Å². The number of esters is 1. The second-order valence-electron chi connectivity index (χ2n) is 4.21. The number of benzene rings is 1. The molecule has 8 nitrogen and oxygen atoms in total. The van der Waals surface area contributed by atoms with Crippen LogP contribution in [0, 0.1) is 15.9 Å². The molecule has 0 spiro atoms. The van der Waals surface area contributed by atoms with Gasteiger partial charge in [0.2, 0.25) is 0 Å². The van der Waals surface area contributed by atoms with E-state index in [1.54, 1.807) is 0 Å². The van der Waals surface area contributed by atoms with E-state index in [-0.39, 0.29) is 6.54 Å². The molecule has 1 aromatic rings. The Balaban J connectivity index is 3.33. The van der Waals surface area contributed by atoms with Crippen molar-refractivity contribution in [3.8, 4) is 0 Å². The van der Waals surface area contributed by atoms with Gasteiger partial charge in [-0.15, -0.1) is 0 Å². The third-order valence-electron chi connectivity index (χ3n) is 2.81. The highest BCUT2D eigenvalue weighted by molar-refractivity contribution is 5.94. The number of hydrogen-bond acceptors (Lipinski definition) is 7. The first-order valence-electron chi connectivity index (χ1n) is 5.90. The molecule has 0 heterocycles. The van der Waals surface area contributed by atoms with Crippen LogP contribution in [-0.4, -0.2) is 47.9 Å². The number of aliphatic hydroxyl groups is 2. The Hall–Kier alpha value is -2.10. The Kier molecular flexibility index (Phi) is 5.70. The Bertz CT molecular complexity index is 551. The lowest BCUT2D eigenvalue weighted by Crippen LogP contribution is -2.30. The van der Waals surface area contributed by atoms with Gasteiger partial charge in [0.1, 0.15) is 17.5 Å². The van der Waals surface area contributed by atoms with Gasteiger partial charge in [0, 0.05) is 18.2 Å². The Labute approximate surface area is 119 Å². The lowest BCUT2D eigenvalue weighted by atomic mass is 10.00. The van der Waals surface area contributed by atoms with E-state index >= 15 is 0 Å². The summed E-state index contributed by atoms with van der Waals surface area (Å²) in [5.41, 5.74) is -1.76. The van der Waals surface area contributed by atoms with Crippen LogP contribution in [0.4, 0.5) is 10.1 Å². The minimum Gasteiger partial charge on any atom is -0.465 e. The van der Waals surface area contributed by atoms with Crippen LogP contribution in [0.2, 0.25) is 0 Å². The zero-order chi connectivity index (χ0) is 16.2. The monoisotopic (exact) mass is 302 g/mol. The van der Waals surface area contributed by atoms with Crippen LogP contribution in [-0.2, 0) is 4.74 Å². The van der Waals surface area contributed by atoms with E-state index in [1.807, 2.05) is 0 Å². The maximum absolute atomic E-state index is 13.9. The molecule has 9 heteroatoms. The maximum atomic E-state index is 13.9. The molecule has 2 unspecified atom stereocenters. The number of aliphatic hydroxyl groups excluding tert-OH is 2. The van der Waals surface area contributed by atoms with Crippen molar-refractivity contribution in [3.05, 3.63) is 39.2 Å². The van der Waals surface area contributed by atoms with Gasteiger partial charge >= 0.3 is 5.97 Å². The van der Waals surface area contributed by atoms with E-state index in [0.29, 0.717) is 12.1 Å². The predicted molar refractivity (Wildman–Crippen MR) is 69.3 cm³/mol. The van der Waals surface area contributed by atoms with Crippen molar-refractivity contribution in [1.82, 2.24) is 5.32 Å². The first kappa shape index (κ1) is 17.0. The van der Waals surface area contributed by atoms with Crippen molar-refractivity contribution in [3.63, 3.8) is 0 Å². The second kappa shape index (κ2) is 7.07. The smallest absolute Gasteiger partial charge is 0.344 e. The fraction of sp³-hybridized carbons (Fsp3) is 0.417. The molecule has 0 amide bonds. The van der Waals surface area contributed by atoms with Crippen LogP contribution >= 0.6 is 0 Å². The first-order chi connectivity index (χ1) is 9.83. The molecule has 0 saturated heterocycles. The third-order valence-corrected chi connectivity index (χ3v) is 2.81. The summed E-state index contributed by atoms with van der Waals surface area (Å²) in [6.07, 6.45) is -3.05. The highest BCUT2D eigenvalue weighted by Gasteiger charge is 2.29. The van der Waals surface area contributed by atoms with Crippen molar-refractivity contribution in [2.45, 2.75) is 12.2 Å². The summed E-state index contributed by atoms with van der Waals surface area (Å²) in [6.45, 7) is -0.0485. The molecular weight excluding hydrogens is 287 g/mol. The summed E-state index contributed by atoms with van der Waals surface area (Å²) < 4.78 is 18.3. The standard InChI is InChI=1S/C12H15FN2O6/c1-14-5-10(16)11(17)6-4-9(15(19)20)7(3-8(6)13)12(18)21-2/h3-4,10-11,14,16-17H,5H2,1-2H3. The summed E-state index contributed by atoms with van der Waals surface area (Å²) in [4.78, 5) is 21.4. The second-order valence-corrected chi connectivity index (χ2v) is 4.21. The number of carbonyl (C=O) groups is 1. The van der Waals surface area contributed by atoms with Crippen LogP contribution in [0.25, 0.3) is 0 Å². The van der Waals surface area contributed by atoms with Gasteiger partial charge in [-0.1, -0.05) is 0 Å². The van der Waals surface area contributed by atoms with Crippen molar-refractivity contribution in [1.29, 1.82) is 0 Å². The van der Waals surface area contributed by atoms with Crippen LogP contribution < -0.4 is 5.32 Å². The number of rotatable bonds is 6. The molecule has 1 rings (SSSR count). The minimum atomic E-state index is -1.68. The maximum Gasteiger partial charge on any atom is 0.344 e. The molecular formula is C12H15FN2O6. The predicted octanol–water partition coefficient (Wildman–Crippen LogP) is 0.134. The SMILES string of the molecule is CNCC(O)C(O)c1cc([N+](=O)[O-])c(C(=O)OC)cc1F. The molecule has 1 aromatic carbocycles. The summed E-state index contributed by atoms with van der Waals surface area (Å²) >= 11 is 0. The third kappa shape index (κ3) is 3.72. The number of halogens is 1. The van der Waals surface area contributed by atoms with Crippen molar-refractivity contribution < 1.29 is 29.1 Å². The molecule has 0 aliphatic heterocycles. The number of nitro benzene ring substituents is 1. The van der Waals surface area contributed by atoms with Crippen molar-refractivity contribution in [2.24, 2.45) is 0 Å².